The minimum Gasteiger partial charge on any atom is -0.362 e. The molecule has 0 spiro atoms. The van der Waals surface area contributed by atoms with Crippen molar-refractivity contribution in [3.8, 4) is 0 Å². The first-order valence-electron chi connectivity index (χ1n) is 5.80. The molecule has 0 fully saturated rings. The SMILES string of the molecule is CC(C)CC1(C)NC(=O)c2ccc(Cl)cc2N1. The van der Waals surface area contributed by atoms with Crippen molar-refractivity contribution < 1.29 is 4.79 Å². The molecule has 0 bridgehead atoms. The number of benzene rings is 1. The second-order valence-corrected chi connectivity index (χ2v) is 5.64. The molecule has 1 aliphatic heterocycles. The number of fused-ring (bicyclic) bond motifs is 1. The Morgan fingerprint density at radius 2 is 2.06 bits per heavy atom. The zero-order chi connectivity index (χ0) is 12.6. The van der Waals surface area contributed by atoms with E-state index in [1.807, 2.05) is 6.92 Å². The van der Waals surface area contributed by atoms with Gasteiger partial charge in [0.2, 0.25) is 0 Å². The average Bonchev–Trinajstić information content (AvgIpc) is 2.13. The zero-order valence-electron chi connectivity index (χ0n) is 10.3. The molecule has 1 aromatic carbocycles. The third-order valence-electron chi connectivity index (χ3n) is 2.84. The summed E-state index contributed by atoms with van der Waals surface area (Å²) in [7, 11) is 0. The smallest absolute Gasteiger partial charge is 0.255 e. The predicted molar refractivity (Wildman–Crippen MR) is 70.4 cm³/mol. The van der Waals surface area contributed by atoms with Gasteiger partial charge in [0.1, 0.15) is 5.66 Å². The summed E-state index contributed by atoms with van der Waals surface area (Å²) < 4.78 is 0. The van der Waals surface area contributed by atoms with Gasteiger partial charge in [0, 0.05) is 5.02 Å². The minimum absolute atomic E-state index is 0.0430. The fourth-order valence-electron chi connectivity index (χ4n) is 2.38. The van der Waals surface area contributed by atoms with Crippen LogP contribution in [-0.4, -0.2) is 11.6 Å². The van der Waals surface area contributed by atoms with E-state index < -0.39 is 5.66 Å². The van der Waals surface area contributed by atoms with Gasteiger partial charge in [-0.15, -0.1) is 0 Å². The molecule has 2 N–H and O–H groups in total. The fraction of sp³-hybridized carbons (Fsp3) is 0.462. The van der Waals surface area contributed by atoms with E-state index in [4.69, 9.17) is 11.6 Å². The molecule has 1 heterocycles. The van der Waals surface area contributed by atoms with Crippen LogP contribution in [0.1, 0.15) is 37.6 Å². The Morgan fingerprint density at radius 1 is 1.35 bits per heavy atom. The van der Waals surface area contributed by atoms with Gasteiger partial charge in [0.25, 0.3) is 5.91 Å². The molecule has 1 atom stereocenters. The van der Waals surface area contributed by atoms with Crippen LogP contribution < -0.4 is 10.6 Å². The third-order valence-corrected chi connectivity index (χ3v) is 3.08. The first-order valence-corrected chi connectivity index (χ1v) is 6.18. The normalized spacial score (nSPS) is 23.0. The van der Waals surface area contributed by atoms with Crippen molar-refractivity contribution in [1.29, 1.82) is 0 Å². The number of amides is 1. The van der Waals surface area contributed by atoms with Gasteiger partial charge in [0.15, 0.2) is 0 Å². The number of anilines is 1. The van der Waals surface area contributed by atoms with Gasteiger partial charge in [-0.25, -0.2) is 0 Å². The lowest BCUT2D eigenvalue weighted by atomic mass is 9.95. The van der Waals surface area contributed by atoms with Crippen LogP contribution >= 0.6 is 11.6 Å². The molecule has 92 valence electrons. The largest absolute Gasteiger partial charge is 0.362 e. The Hall–Kier alpha value is -1.22. The first-order chi connectivity index (χ1) is 7.89. The highest BCUT2D eigenvalue weighted by molar-refractivity contribution is 6.31. The van der Waals surface area contributed by atoms with Crippen molar-refractivity contribution in [2.75, 3.05) is 5.32 Å². The molecule has 0 aromatic heterocycles. The number of carbonyl (C=O) groups is 1. The quantitative estimate of drug-likeness (QED) is 0.848. The third kappa shape index (κ3) is 2.55. The topological polar surface area (TPSA) is 41.1 Å². The Bertz CT molecular complexity index is 459. The Morgan fingerprint density at radius 3 is 2.71 bits per heavy atom. The molecule has 1 aliphatic rings. The molecule has 0 aliphatic carbocycles. The van der Waals surface area contributed by atoms with Gasteiger partial charge >= 0.3 is 0 Å². The van der Waals surface area contributed by atoms with Crippen molar-refractivity contribution >= 4 is 23.2 Å². The van der Waals surface area contributed by atoms with E-state index in [9.17, 15) is 4.79 Å². The molecule has 2 rings (SSSR count). The van der Waals surface area contributed by atoms with E-state index in [1.165, 1.54) is 0 Å². The standard InChI is InChI=1S/C13H17ClN2O/c1-8(2)7-13(3)15-11-6-9(14)4-5-10(11)12(17)16-13/h4-6,8,15H,7H2,1-3H3,(H,16,17). The lowest BCUT2D eigenvalue weighted by Gasteiger charge is -2.38. The van der Waals surface area contributed by atoms with E-state index in [0.717, 1.165) is 12.1 Å². The van der Waals surface area contributed by atoms with Gasteiger partial charge in [-0.3, -0.25) is 4.79 Å². The monoisotopic (exact) mass is 252 g/mol. The molecule has 0 saturated carbocycles. The summed E-state index contributed by atoms with van der Waals surface area (Å²) in [5, 5.41) is 7.00. The molecule has 1 unspecified atom stereocenters. The molecule has 0 saturated heterocycles. The van der Waals surface area contributed by atoms with Crippen LogP contribution in [0.25, 0.3) is 0 Å². The summed E-state index contributed by atoms with van der Waals surface area (Å²) in [5.74, 6) is 0.451. The van der Waals surface area contributed by atoms with E-state index >= 15 is 0 Å². The van der Waals surface area contributed by atoms with Crippen molar-refractivity contribution in [2.24, 2.45) is 5.92 Å². The molecule has 17 heavy (non-hydrogen) atoms. The second-order valence-electron chi connectivity index (χ2n) is 5.20. The maximum Gasteiger partial charge on any atom is 0.255 e. The van der Waals surface area contributed by atoms with Gasteiger partial charge in [-0.2, -0.15) is 0 Å². The van der Waals surface area contributed by atoms with Gasteiger partial charge in [0.05, 0.1) is 11.3 Å². The highest BCUT2D eigenvalue weighted by Gasteiger charge is 2.33. The maximum absolute atomic E-state index is 12.0. The highest BCUT2D eigenvalue weighted by atomic mass is 35.5. The molecular formula is C13H17ClN2O. The predicted octanol–water partition coefficient (Wildman–Crippen LogP) is 3.26. The van der Waals surface area contributed by atoms with Crippen molar-refractivity contribution in [1.82, 2.24) is 5.32 Å². The summed E-state index contributed by atoms with van der Waals surface area (Å²) in [5.41, 5.74) is 1.06. The van der Waals surface area contributed by atoms with Crippen molar-refractivity contribution in [3.05, 3.63) is 28.8 Å². The van der Waals surface area contributed by atoms with E-state index in [0.29, 0.717) is 16.5 Å². The summed E-state index contributed by atoms with van der Waals surface area (Å²) in [4.78, 5) is 12.0. The highest BCUT2D eigenvalue weighted by Crippen LogP contribution is 2.30. The van der Waals surface area contributed by atoms with Gasteiger partial charge in [-0.1, -0.05) is 25.4 Å². The number of rotatable bonds is 2. The Kier molecular flexibility index (Phi) is 3.04. The van der Waals surface area contributed by atoms with Crippen molar-refractivity contribution in [3.63, 3.8) is 0 Å². The number of nitrogens with one attached hydrogen (secondary N) is 2. The Balaban J connectivity index is 2.34. The molecule has 4 heteroatoms. The molecule has 1 amide bonds. The average molecular weight is 253 g/mol. The molecular weight excluding hydrogens is 236 g/mol. The summed E-state index contributed by atoms with van der Waals surface area (Å²) in [6.45, 7) is 6.26. The van der Waals surface area contributed by atoms with Crippen LogP contribution in [0.3, 0.4) is 0 Å². The number of carbonyl (C=O) groups excluding carboxylic acids is 1. The second kappa shape index (κ2) is 4.22. The fourth-order valence-corrected chi connectivity index (χ4v) is 2.55. The lowest BCUT2D eigenvalue weighted by Crippen LogP contribution is -2.56. The molecule has 3 nitrogen and oxygen atoms in total. The summed E-state index contributed by atoms with van der Waals surface area (Å²) in [6, 6.07) is 5.27. The van der Waals surface area contributed by atoms with Crippen LogP contribution in [0.4, 0.5) is 5.69 Å². The van der Waals surface area contributed by atoms with Crippen LogP contribution in [0.2, 0.25) is 5.02 Å². The summed E-state index contributed by atoms with van der Waals surface area (Å²) >= 11 is 5.95. The Labute approximate surface area is 107 Å². The lowest BCUT2D eigenvalue weighted by molar-refractivity contribution is 0.0898. The van der Waals surface area contributed by atoms with Crippen LogP contribution in [0.5, 0.6) is 0 Å². The number of hydrogen-bond donors (Lipinski definition) is 2. The van der Waals surface area contributed by atoms with Gasteiger partial charge in [-0.05, 0) is 37.5 Å². The van der Waals surface area contributed by atoms with Crippen LogP contribution in [0, 0.1) is 5.92 Å². The number of hydrogen-bond acceptors (Lipinski definition) is 2. The minimum atomic E-state index is -0.400. The van der Waals surface area contributed by atoms with Crippen molar-refractivity contribution in [2.45, 2.75) is 32.9 Å². The van der Waals surface area contributed by atoms with E-state index in [1.54, 1.807) is 18.2 Å². The molecule has 0 radical (unpaired) electrons. The van der Waals surface area contributed by atoms with E-state index in [2.05, 4.69) is 24.5 Å². The molecule has 1 aromatic rings. The zero-order valence-corrected chi connectivity index (χ0v) is 11.1. The number of halogens is 1. The summed E-state index contributed by atoms with van der Waals surface area (Å²) in [6.07, 6.45) is 0.866. The first kappa shape index (κ1) is 12.2. The maximum atomic E-state index is 12.0. The van der Waals surface area contributed by atoms with Gasteiger partial charge < -0.3 is 10.6 Å². The van der Waals surface area contributed by atoms with Crippen LogP contribution in [-0.2, 0) is 0 Å². The van der Waals surface area contributed by atoms with Crippen LogP contribution in [0.15, 0.2) is 18.2 Å². The van der Waals surface area contributed by atoms with E-state index in [-0.39, 0.29) is 5.91 Å².